The third-order valence-electron chi connectivity index (χ3n) is 1.65. The molecule has 0 atom stereocenters. The van der Waals surface area contributed by atoms with Crippen LogP contribution in [-0.2, 0) is 0 Å². The number of halogens is 4. The van der Waals surface area contributed by atoms with Crippen LogP contribution in [0.1, 0.15) is 16.8 Å². The maximum Gasteiger partial charge on any atom is 0.390 e. The number of carbonyl (C=O) groups is 1. The summed E-state index contributed by atoms with van der Waals surface area (Å²) in [6.07, 6.45) is -3.83. The number of alkyl halides is 3. The van der Waals surface area contributed by atoms with Crippen molar-refractivity contribution in [3.8, 4) is 0 Å². The van der Waals surface area contributed by atoms with Crippen LogP contribution in [0.25, 0.3) is 0 Å². The first-order valence-corrected chi connectivity index (χ1v) is 4.58. The fourth-order valence-electron chi connectivity index (χ4n) is 0.942. The van der Waals surface area contributed by atoms with Gasteiger partial charge in [-0.15, -0.1) is 0 Å². The quantitative estimate of drug-likeness (QED) is 0.661. The largest absolute Gasteiger partial charge is 0.390 e. The predicted octanol–water partition coefficient (Wildman–Crippen LogP) is 2.31. The van der Waals surface area contributed by atoms with Crippen molar-refractivity contribution in [1.82, 2.24) is 9.97 Å². The van der Waals surface area contributed by atoms with E-state index in [1.165, 1.54) is 0 Å². The molecule has 1 heterocycles. The Morgan fingerprint density at radius 1 is 1.44 bits per heavy atom. The minimum absolute atomic E-state index is 0.000694. The topological polar surface area (TPSA) is 54.9 Å². The second-order valence-corrected chi connectivity index (χ2v) is 3.19. The van der Waals surface area contributed by atoms with Crippen LogP contribution in [0.3, 0.4) is 0 Å². The van der Waals surface area contributed by atoms with Gasteiger partial charge in [0, 0.05) is 6.54 Å². The van der Waals surface area contributed by atoms with Crippen molar-refractivity contribution < 1.29 is 18.0 Å². The van der Waals surface area contributed by atoms with Crippen molar-refractivity contribution in [3.63, 3.8) is 0 Å². The molecule has 16 heavy (non-hydrogen) atoms. The van der Waals surface area contributed by atoms with Crippen molar-refractivity contribution >= 4 is 23.7 Å². The molecule has 4 nitrogen and oxygen atoms in total. The van der Waals surface area contributed by atoms with E-state index in [9.17, 15) is 18.0 Å². The standard InChI is InChI=1S/C8H7ClF3N3O/c9-6-5(3-16)7(15-4-14-6)13-2-1-8(10,11)12/h3-4H,1-2H2,(H,13,14,15). The van der Waals surface area contributed by atoms with E-state index in [4.69, 9.17) is 11.6 Å². The monoisotopic (exact) mass is 253 g/mol. The van der Waals surface area contributed by atoms with Gasteiger partial charge in [0.25, 0.3) is 0 Å². The molecule has 1 N–H and O–H groups in total. The molecule has 0 radical (unpaired) electrons. The van der Waals surface area contributed by atoms with Crippen LogP contribution in [0, 0.1) is 0 Å². The summed E-state index contributed by atoms with van der Waals surface area (Å²) < 4.78 is 35.6. The van der Waals surface area contributed by atoms with Crippen LogP contribution >= 0.6 is 11.6 Å². The van der Waals surface area contributed by atoms with Crippen LogP contribution in [0.5, 0.6) is 0 Å². The number of nitrogens with one attached hydrogen (secondary N) is 1. The molecular formula is C8H7ClF3N3O. The summed E-state index contributed by atoms with van der Waals surface area (Å²) in [4.78, 5) is 17.7. The molecule has 0 aromatic carbocycles. The number of anilines is 1. The number of hydrogen-bond donors (Lipinski definition) is 1. The highest BCUT2D eigenvalue weighted by molar-refractivity contribution is 6.32. The molecule has 1 aromatic rings. The molecule has 0 aliphatic carbocycles. The first-order chi connectivity index (χ1) is 7.44. The Balaban J connectivity index is 2.67. The van der Waals surface area contributed by atoms with Crippen LogP contribution in [0.4, 0.5) is 19.0 Å². The Kier molecular flexibility index (Phi) is 4.05. The Morgan fingerprint density at radius 2 is 2.12 bits per heavy atom. The molecule has 0 bridgehead atoms. The molecule has 1 aromatic heterocycles. The van der Waals surface area contributed by atoms with E-state index in [2.05, 4.69) is 15.3 Å². The van der Waals surface area contributed by atoms with Crippen LogP contribution in [-0.4, -0.2) is 29.0 Å². The highest BCUT2D eigenvalue weighted by Gasteiger charge is 2.26. The zero-order chi connectivity index (χ0) is 12.2. The lowest BCUT2D eigenvalue weighted by molar-refractivity contribution is -0.131. The van der Waals surface area contributed by atoms with Crippen molar-refractivity contribution in [2.45, 2.75) is 12.6 Å². The first kappa shape index (κ1) is 12.7. The Hall–Kier alpha value is -1.37. The number of rotatable bonds is 4. The summed E-state index contributed by atoms with van der Waals surface area (Å²) in [5.74, 6) is -0.000694. The Labute approximate surface area is 93.8 Å². The first-order valence-electron chi connectivity index (χ1n) is 4.20. The molecule has 0 saturated heterocycles. The summed E-state index contributed by atoms with van der Waals surface area (Å²) in [5, 5.41) is 2.28. The minimum Gasteiger partial charge on any atom is -0.369 e. The molecule has 0 unspecified atom stereocenters. The lowest BCUT2D eigenvalue weighted by atomic mass is 10.3. The van der Waals surface area contributed by atoms with Gasteiger partial charge in [0.1, 0.15) is 17.3 Å². The van der Waals surface area contributed by atoms with Gasteiger partial charge >= 0.3 is 6.18 Å². The summed E-state index contributed by atoms with van der Waals surface area (Å²) in [7, 11) is 0. The molecule has 8 heteroatoms. The van der Waals surface area contributed by atoms with Gasteiger partial charge in [-0.2, -0.15) is 13.2 Å². The van der Waals surface area contributed by atoms with Gasteiger partial charge in [0.15, 0.2) is 6.29 Å². The van der Waals surface area contributed by atoms with Crippen molar-refractivity contribution in [2.24, 2.45) is 0 Å². The van der Waals surface area contributed by atoms with Crippen LogP contribution < -0.4 is 5.32 Å². The highest BCUT2D eigenvalue weighted by Crippen LogP contribution is 2.21. The number of aromatic nitrogens is 2. The van der Waals surface area contributed by atoms with Crippen LogP contribution in [0.2, 0.25) is 5.15 Å². The Bertz CT molecular complexity index is 383. The van der Waals surface area contributed by atoms with E-state index in [0.717, 1.165) is 6.33 Å². The molecule has 0 spiro atoms. The van der Waals surface area contributed by atoms with E-state index < -0.39 is 12.6 Å². The lowest BCUT2D eigenvalue weighted by Crippen LogP contribution is -2.16. The number of carbonyl (C=O) groups excluding carboxylic acids is 1. The fourth-order valence-corrected chi connectivity index (χ4v) is 1.12. The Morgan fingerprint density at radius 3 is 2.69 bits per heavy atom. The van der Waals surface area contributed by atoms with Crippen molar-refractivity contribution in [2.75, 3.05) is 11.9 Å². The molecule has 0 amide bonds. The van der Waals surface area contributed by atoms with E-state index in [1.807, 2.05) is 0 Å². The molecule has 0 aliphatic rings. The van der Waals surface area contributed by atoms with E-state index in [-0.39, 0.29) is 23.1 Å². The van der Waals surface area contributed by atoms with Gasteiger partial charge in [-0.25, -0.2) is 9.97 Å². The van der Waals surface area contributed by atoms with Gasteiger partial charge in [-0.05, 0) is 0 Å². The molecular weight excluding hydrogens is 247 g/mol. The van der Waals surface area contributed by atoms with Gasteiger partial charge in [0.2, 0.25) is 0 Å². The average Bonchev–Trinajstić information content (AvgIpc) is 2.16. The van der Waals surface area contributed by atoms with Gasteiger partial charge in [-0.1, -0.05) is 11.6 Å². The van der Waals surface area contributed by atoms with E-state index in [0.29, 0.717) is 6.29 Å². The zero-order valence-corrected chi connectivity index (χ0v) is 8.64. The van der Waals surface area contributed by atoms with Gasteiger partial charge in [0.05, 0.1) is 12.0 Å². The maximum atomic E-state index is 11.9. The number of nitrogens with zero attached hydrogens (tertiary/aromatic N) is 2. The van der Waals surface area contributed by atoms with Gasteiger partial charge < -0.3 is 5.32 Å². The molecule has 1 rings (SSSR count). The number of hydrogen-bond acceptors (Lipinski definition) is 4. The highest BCUT2D eigenvalue weighted by atomic mass is 35.5. The zero-order valence-electron chi connectivity index (χ0n) is 7.88. The van der Waals surface area contributed by atoms with Crippen molar-refractivity contribution in [1.29, 1.82) is 0 Å². The third-order valence-corrected chi connectivity index (χ3v) is 1.96. The third kappa shape index (κ3) is 3.65. The molecule has 0 saturated carbocycles. The fraction of sp³-hybridized carbons (Fsp3) is 0.375. The second-order valence-electron chi connectivity index (χ2n) is 2.84. The van der Waals surface area contributed by atoms with E-state index >= 15 is 0 Å². The van der Waals surface area contributed by atoms with Gasteiger partial charge in [-0.3, -0.25) is 4.79 Å². The predicted molar refractivity (Wildman–Crippen MR) is 51.6 cm³/mol. The van der Waals surface area contributed by atoms with E-state index in [1.54, 1.807) is 0 Å². The number of aldehydes is 1. The van der Waals surface area contributed by atoms with Crippen LogP contribution in [0.15, 0.2) is 6.33 Å². The minimum atomic E-state index is -4.26. The lowest BCUT2D eigenvalue weighted by Gasteiger charge is -2.09. The summed E-state index contributed by atoms with van der Waals surface area (Å²) >= 11 is 5.55. The maximum absolute atomic E-state index is 11.9. The average molecular weight is 254 g/mol. The normalized spacial score (nSPS) is 11.2. The molecule has 0 aliphatic heterocycles. The SMILES string of the molecule is O=Cc1c(Cl)ncnc1NCCC(F)(F)F. The smallest absolute Gasteiger partial charge is 0.369 e. The molecule has 88 valence electrons. The second kappa shape index (κ2) is 5.11. The van der Waals surface area contributed by atoms with Crippen molar-refractivity contribution in [3.05, 3.63) is 17.0 Å². The molecule has 0 fully saturated rings. The summed E-state index contributed by atoms with van der Waals surface area (Å²) in [6.45, 7) is -0.377. The summed E-state index contributed by atoms with van der Waals surface area (Å²) in [6, 6.07) is 0. The summed E-state index contributed by atoms with van der Waals surface area (Å²) in [5.41, 5.74) is -0.0497.